The molecule has 0 saturated carbocycles. The van der Waals surface area contributed by atoms with Gasteiger partial charge in [-0.15, -0.1) is 0 Å². The van der Waals surface area contributed by atoms with Gasteiger partial charge in [0.15, 0.2) is 6.19 Å². The van der Waals surface area contributed by atoms with E-state index in [1.54, 1.807) is 6.19 Å². The zero-order valence-corrected chi connectivity index (χ0v) is 6.67. The lowest BCUT2D eigenvalue weighted by Gasteiger charge is -2.23. The molecule has 0 aromatic rings. The zero-order chi connectivity index (χ0) is 8.81. The number of nitriles is 1. The molecule has 1 rings (SSSR count). The molecule has 0 spiro atoms. The molecule has 1 aliphatic rings. The molecule has 0 aromatic heterocycles. The van der Waals surface area contributed by atoms with Gasteiger partial charge >= 0.3 is 0 Å². The van der Waals surface area contributed by atoms with Crippen molar-refractivity contribution in [3.05, 3.63) is 12.2 Å². The summed E-state index contributed by atoms with van der Waals surface area (Å²) >= 11 is 0. The molecule has 0 saturated heterocycles. The highest BCUT2D eigenvalue weighted by Gasteiger charge is 2.05. The average Bonchev–Trinajstić information content (AvgIpc) is 2.06. The highest BCUT2D eigenvalue weighted by molar-refractivity contribution is 5.77. The molecule has 0 radical (unpaired) electrons. The van der Waals surface area contributed by atoms with Crippen molar-refractivity contribution in [3.63, 3.8) is 0 Å². The second-order valence-corrected chi connectivity index (χ2v) is 2.43. The molecule has 0 unspecified atom stereocenters. The average molecular weight is 165 g/mol. The summed E-state index contributed by atoms with van der Waals surface area (Å²) in [5.41, 5.74) is 2.75. The van der Waals surface area contributed by atoms with Gasteiger partial charge in [0.25, 0.3) is 0 Å². The number of nitrogens with one attached hydrogen (secondary N) is 3. The van der Waals surface area contributed by atoms with Crippen molar-refractivity contribution in [2.24, 2.45) is 0 Å². The van der Waals surface area contributed by atoms with Gasteiger partial charge in [-0.3, -0.25) is 16.2 Å². The summed E-state index contributed by atoms with van der Waals surface area (Å²) in [5, 5.41) is 19.5. The predicted octanol–water partition coefficient (Wildman–Crippen LogP) is -0.242. The van der Waals surface area contributed by atoms with Gasteiger partial charge in [-0.25, -0.2) is 5.01 Å². The monoisotopic (exact) mass is 165 g/mol. The largest absolute Gasteiger partial charge is 0.288 e. The van der Waals surface area contributed by atoms with Gasteiger partial charge in [-0.1, -0.05) is 12.2 Å². The first-order chi connectivity index (χ1) is 5.83. The molecule has 0 fully saturated rings. The fourth-order valence-corrected chi connectivity index (χ4v) is 0.985. The number of guanidine groups is 1. The Morgan fingerprint density at radius 1 is 1.58 bits per heavy atom. The van der Waals surface area contributed by atoms with Crippen LogP contribution >= 0.6 is 0 Å². The molecule has 5 nitrogen and oxygen atoms in total. The lowest BCUT2D eigenvalue weighted by atomic mass is 10.3. The van der Waals surface area contributed by atoms with E-state index in [-0.39, 0.29) is 5.96 Å². The number of nitrogens with zero attached hydrogens (tertiary/aromatic N) is 2. The van der Waals surface area contributed by atoms with Gasteiger partial charge in [0.05, 0.1) is 0 Å². The standard InChI is InChI=1S/C7H11N5/c8-6-10-7(9)11-12-4-2-1-3-5-12/h1-2H,3-5H2,(H3,9,10,11). The summed E-state index contributed by atoms with van der Waals surface area (Å²) in [6.07, 6.45) is 6.78. The van der Waals surface area contributed by atoms with E-state index in [2.05, 4.69) is 16.8 Å². The Kier molecular flexibility index (Phi) is 3.11. The third kappa shape index (κ3) is 2.60. The molecule has 5 heteroatoms. The summed E-state index contributed by atoms with van der Waals surface area (Å²) in [6, 6.07) is 0. The van der Waals surface area contributed by atoms with E-state index in [1.807, 2.05) is 11.1 Å². The van der Waals surface area contributed by atoms with Crippen molar-refractivity contribution in [3.8, 4) is 6.19 Å². The zero-order valence-electron chi connectivity index (χ0n) is 6.67. The topological polar surface area (TPSA) is 74.9 Å². The second kappa shape index (κ2) is 4.36. The predicted molar refractivity (Wildman–Crippen MR) is 44.9 cm³/mol. The van der Waals surface area contributed by atoms with E-state index in [1.165, 1.54) is 0 Å². The van der Waals surface area contributed by atoms with E-state index >= 15 is 0 Å². The lowest BCUT2D eigenvalue weighted by Crippen LogP contribution is -2.47. The van der Waals surface area contributed by atoms with Crippen molar-refractivity contribution < 1.29 is 0 Å². The molecular formula is C7H11N5. The quantitative estimate of drug-likeness (QED) is 0.165. The summed E-state index contributed by atoms with van der Waals surface area (Å²) in [6.45, 7) is 1.64. The van der Waals surface area contributed by atoms with Gasteiger partial charge < -0.3 is 0 Å². The van der Waals surface area contributed by atoms with Crippen LogP contribution < -0.4 is 10.7 Å². The second-order valence-electron chi connectivity index (χ2n) is 2.43. The van der Waals surface area contributed by atoms with Crippen LogP contribution in [0.4, 0.5) is 0 Å². The Morgan fingerprint density at radius 2 is 2.42 bits per heavy atom. The third-order valence-electron chi connectivity index (χ3n) is 1.51. The Morgan fingerprint density at radius 3 is 3.00 bits per heavy atom. The highest BCUT2D eigenvalue weighted by Crippen LogP contribution is 1.96. The Labute approximate surface area is 71.1 Å². The van der Waals surface area contributed by atoms with Crippen molar-refractivity contribution >= 4 is 5.96 Å². The van der Waals surface area contributed by atoms with E-state index in [0.717, 1.165) is 19.5 Å². The molecule has 0 aromatic carbocycles. The van der Waals surface area contributed by atoms with Crippen LogP contribution in [-0.2, 0) is 0 Å². The molecular weight excluding hydrogens is 154 g/mol. The first-order valence-electron chi connectivity index (χ1n) is 3.73. The summed E-state index contributed by atoms with van der Waals surface area (Å²) < 4.78 is 0. The van der Waals surface area contributed by atoms with Gasteiger partial charge in [0.2, 0.25) is 5.96 Å². The van der Waals surface area contributed by atoms with E-state index in [4.69, 9.17) is 10.7 Å². The number of hydrogen-bond donors (Lipinski definition) is 3. The van der Waals surface area contributed by atoms with Crippen molar-refractivity contribution in [1.82, 2.24) is 15.8 Å². The molecule has 0 atom stereocenters. The van der Waals surface area contributed by atoms with Crippen molar-refractivity contribution in [1.29, 1.82) is 10.7 Å². The molecule has 0 bridgehead atoms. The maximum absolute atomic E-state index is 8.19. The Bertz CT molecular complexity index is 226. The van der Waals surface area contributed by atoms with Crippen LogP contribution in [0.2, 0.25) is 0 Å². The van der Waals surface area contributed by atoms with Crippen LogP contribution in [0.1, 0.15) is 6.42 Å². The molecule has 1 heterocycles. The minimum Gasteiger partial charge on any atom is -0.288 e. The molecule has 1 aliphatic heterocycles. The third-order valence-corrected chi connectivity index (χ3v) is 1.51. The Balaban J connectivity index is 2.27. The van der Waals surface area contributed by atoms with Crippen molar-refractivity contribution in [2.75, 3.05) is 13.1 Å². The Hall–Kier alpha value is -1.54. The van der Waals surface area contributed by atoms with Gasteiger partial charge in [0, 0.05) is 13.1 Å². The molecule has 12 heavy (non-hydrogen) atoms. The SMILES string of the molecule is N#CNC(=N)NN1CC=CCC1. The maximum atomic E-state index is 8.19. The van der Waals surface area contributed by atoms with Crippen molar-refractivity contribution in [2.45, 2.75) is 6.42 Å². The first-order valence-corrected chi connectivity index (χ1v) is 3.73. The smallest absolute Gasteiger partial charge is 0.216 e. The normalized spacial score (nSPS) is 16.6. The fourth-order valence-electron chi connectivity index (χ4n) is 0.985. The van der Waals surface area contributed by atoms with Crippen LogP contribution in [0.25, 0.3) is 0 Å². The summed E-state index contributed by atoms with van der Waals surface area (Å²) in [7, 11) is 0. The lowest BCUT2D eigenvalue weighted by molar-refractivity contribution is 0.255. The van der Waals surface area contributed by atoms with Crippen LogP contribution in [-0.4, -0.2) is 24.1 Å². The number of hydrazine groups is 1. The van der Waals surface area contributed by atoms with Gasteiger partial charge in [0.1, 0.15) is 0 Å². The number of hydrogen-bond acceptors (Lipinski definition) is 3. The van der Waals surface area contributed by atoms with Crippen LogP contribution in [0.5, 0.6) is 0 Å². The van der Waals surface area contributed by atoms with Gasteiger partial charge in [-0.2, -0.15) is 5.26 Å². The highest BCUT2D eigenvalue weighted by atomic mass is 15.5. The molecule has 64 valence electrons. The number of rotatable bonds is 1. The van der Waals surface area contributed by atoms with Gasteiger partial charge in [-0.05, 0) is 6.42 Å². The minimum atomic E-state index is 0.0211. The van der Waals surface area contributed by atoms with E-state index in [0.29, 0.717) is 0 Å². The molecule has 3 N–H and O–H groups in total. The van der Waals surface area contributed by atoms with Crippen LogP contribution in [0.15, 0.2) is 12.2 Å². The van der Waals surface area contributed by atoms with E-state index < -0.39 is 0 Å². The minimum absolute atomic E-state index is 0.0211. The molecule has 0 aliphatic carbocycles. The maximum Gasteiger partial charge on any atom is 0.216 e. The summed E-state index contributed by atoms with van der Waals surface area (Å²) in [5.74, 6) is 0.0211. The van der Waals surface area contributed by atoms with Crippen LogP contribution in [0, 0.1) is 16.9 Å². The molecule has 0 amide bonds. The fraction of sp³-hybridized carbons (Fsp3) is 0.429. The van der Waals surface area contributed by atoms with Crippen LogP contribution in [0.3, 0.4) is 0 Å². The van der Waals surface area contributed by atoms with E-state index in [9.17, 15) is 0 Å². The summed E-state index contributed by atoms with van der Waals surface area (Å²) in [4.78, 5) is 0. The first kappa shape index (κ1) is 8.56.